The van der Waals surface area contributed by atoms with E-state index in [0.29, 0.717) is 17.3 Å². The molecule has 0 bridgehead atoms. The van der Waals surface area contributed by atoms with Crippen molar-refractivity contribution in [3.63, 3.8) is 0 Å². The van der Waals surface area contributed by atoms with Crippen molar-refractivity contribution in [2.24, 2.45) is 0 Å². The van der Waals surface area contributed by atoms with Gasteiger partial charge in [-0.05, 0) is 42.8 Å². The molecule has 1 amide bonds. The van der Waals surface area contributed by atoms with Gasteiger partial charge in [0, 0.05) is 18.1 Å². The van der Waals surface area contributed by atoms with E-state index in [0.717, 1.165) is 24.0 Å². The second kappa shape index (κ2) is 7.84. The zero-order valence-corrected chi connectivity index (χ0v) is 13.9. The third-order valence-electron chi connectivity index (χ3n) is 3.61. The number of hydrogen-bond donors (Lipinski definition) is 1. The molecule has 0 saturated carbocycles. The van der Waals surface area contributed by atoms with Gasteiger partial charge in [0.05, 0.1) is 17.4 Å². The van der Waals surface area contributed by atoms with Gasteiger partial charge in [0.25, 0.3) is 5.91 Å². The van der Waals surface area contributed by atoms with Crippen molar-refractivity contribution in [1.82, 2.24) is 14.9 Å². The minimum absolute atomic E-state index is 0.00433. The number of aromatic nitrogens is 2. The van der Waals surface area contributed by atoms with E-state index in [2.05, 4.69) is 14.9 Å². The fourth-order valence-electron chi connectivity index (χ4n) is 2.40. The number of rotatable bonds is 7. The van der Waals surface area contributed by atoms with Gasteiger partial charge in [-0.3, -0.25) is 4.79 Å². The van der Waals surface area contributed by atoms with Crippen LogP contribution < -0.4 is 10.1 Å². The van der Waals surface area contributed by atoms with Crippen molar-refractivity contribution < 1.29 is 9.53 Å². The summed E-state index contributed by atoms with van der Waals surface area (Å²) < 4.78 is 7.49. The number of nitrogens with one attached hydrogen (secondary N) is 1. The molecule has 1 heterocycles. The normalized spacial score (nSPS) is 10.7. The molecule has 3 aromatic rings. The first-order valence-electron chi connectivity index (χ1n) is 7.77. The average Bonchev–Trinajstić information content (AvgIpc) is 3.01. The molecule has 0 saturated heterocycles. The molecule has 3 rings (SSSR count). The largest absolute Gasteiger partial charge is 0.484 e. The molecule has 0 aliphatic carbocycles. The second-order valence-corrected chi connectivity index (χ2v) is 5.81. The van der Waals surface area contributed by atoms with Crippen LogP contribution in [0.15, 0.2) is 54.9 Å². The van der Waals surface area contributed by atoms with Crippen LogP contribution in [0.1, 0.15) is 6.42 Å². The minimum atomic E-state index is -0.138. The van der Waals surface area contributed by atoms with E-state index in [1.54, 1.807) is 24.3 Å². The highest BCUT2D eigenvalue weighted by molar-refractivity contribution is 6.30. The van der Waals surface area contributed by atoms with Crippen molar-refractivity contribution in [3.05, 3.63) is 59.9 Å². The average molecular weight is 344 g/mol. The molecular weight excluding hydrogens is 326 g/mol. The number of fused-ring (bicyclic) bond motifs is 1. The number of para-hydroxylation sites is 2. The number of halogens is 1. The van der Waals surface area contributed by atoms with Crippen LogP contribution in [0, 0.1) is 0 Å². The van der Waals surface area contributed by atoms with Crippen LogP contribution in [0.4, 0.5) is 0 Å². The Labute approximate surface area is 145 Å². The van der Waals surface area contributed by atoms with E-state index in [-0.39, 0.29) is 12.5 Å². The monoisotopic (exact) mass is 343 g/mol. The number of hydrogen-bond acceptors (Lipinski definition) is 3. The lowest BCUT2D eigenvalue weighted by atomic mass is 10.3. The highest BCUT2D eigenvalue weighted by Crippen LogP contribution is 2.15. The summed E-state index contributed by atoms with van der Waals surface area (Å²) in [7, 11) is 0. The molecule has 0 aliphatic heterocycles. The Balaban J connectivity index is 1.38. The predicted octanol–water partition coefficient (Wildman–Crippen LogP) is 3.28. The summed E-state index contributed by atoms with van der Waals surface area (Å²) in [5.41, 5.74) is 2.09. The number of amides is 1. The summed E-state index contributed by atoms with van der Waals surface area (Å²) in [6.45, 7) is 1.39. The Morgan fingerprint density at radius 3 is 2.79 bits per heavy atom. The van der Waals surface area contributed by atoms with Crippen molar-refractivity contribution in [2.75, 3.05) is 13.2 Å². The smallest absolute Gasteiger partial charge is 0.257 e. The number of aryl methyl sites for hydroxylation is 1. The van der Waals surface area contributed by atoms with Crippen molar-refractivity contribution in [2.45, 2.75) is 13.0 Å². The lowest BCUT2D eigenvalue weighted by molar-refractivity contribution is -0.123. The lowest BCUT2D eigenvalue weighted by Crippen LogP contribution is -2.30. The van der Waals surface area contributed by atoms with E-state index in [4.69, 9.17) is 16.3 Å². The highest BCUT2D eigenvalue weighted by Gasteiger charge is 2.04. The first-order valence-corrected chi connectivity index (χ1v) is 8.15. The molecule has 0 spiro atoms. The number of benzene rings is 2. The van der Waals surface area contributed by atoms with Crippen LogP contribution in [0.3, 0.4) is 0 Å². The molecular formula is C18H18ClN3O2. The Bertz CT molecular complexity index is 815. The quantitative estimate of drug-likeness (QED) is 0.670. The first-order chi connectivity index (χ1) is 11.7. The summed E-state index contributed by atoms with van der Waals surface area (Å²) in [5.74, 6) is 0.486. The molecule has 0 unspecified atom stereocenters. The zero-order chi connectivity index (χ0) is 16.8. The summed E-state index contributed by atoms with van der Waals surface area (Å²) >= 11 is 5.80. The molecule has 1 N–H and O–H groups in total. The third kappa shape index (κ3) is 4.26. The van der Waals surface area contributed by atoms with Gasteiger partial charge in [-0.15, -0.1) is 0 Å². The number of ether oxygens (including phenoxy) is 1. The van der Waals surface area contributed by atoms with Gasteiger partial charge in [-0.2, -0.15) is 0 Å². The number of carbonyl (C=O) groups excluding carboxylic acids is 1. The van der Waals surface area contributed by atoms with Gasteiger partial charge in [0.15, 0.2) is 6.61 Å². The summed E-state index contributed by atoms with van der Waals surface area (Å²) in [5, 5.41) is 3.49. The molecule has 6 heteroatoms. The minimum Gasteiger partial charge on any atom is -0.484 e. The van der Waals surface area contributed by atoms with Crippen LogP contribution in [0.5, 0.6) is 5.75 Å². The van der Waals surface area contributed by atoms with E-state index in [9.17, 15) is 4.79 Å². The first kappa shape index (κ1) is 16.3. The number of imidazole rings is 1. The van der Waals surface area contributed by atoms with Gasteiger partial charge in [-0.1, -0.05) is 23.7 Å². The Morgan fingerprint density at radius 2 is 1.96 bits per heavy atom. The Hall–Kier alpha value is -2.53. The Morgan fingerprint density at radius 1 is 1.17 bits per heavy atom. The van der Waals surface area contributed by atoms with Gasteiger partial charge in [0.2, 0.25) is 0 Å². The van der Waals surface area contributed by atoms with Crippen LogP contribution in [0.25, 0.3) is 11.0 Å². The fourth-order valence-corrected chi connectivity index (χ4v) is 2.52. The van der Waals surface area contributed by atoms with Crippen LogP contribution in [-0.4, -0.2) is 28.6 Å². The maximum Gasteiger partial charge on any atom is 0.257 e. The van der Waals surface area contributed by atoms with Crippen LogP contribution in [-0.2, 0) is 11.3 Å². The Kier molecular flexibility index (Phi) is 5.33. The standard InChI is InChI=1S/C18H18ClN3O2/c19-14-6-8-15(9-7-14)24-12-18(23)20-10-3-11-22-13-21-16-4-1-2-5-17(16)22/h1-2,4-9,13H,3,10-12H2,(H,20,23). The maximum atomic E-state index is 11.8. The number of nitrogens with zero attached hydrogens (tertiary/aromatic N) is 2. The molecule has 0 radical (unpaired) electrons. The number of carbonyl (C=O) groups is 1. The predicted molar refractivity (Wildman–Crippen MR) is 94.3 cm³/mol. The molecule has 5 nitrogen and oxygen atoms in total. The van der Waals surface area contributed by atoms with Crippen molar-refractivity contribution in [3.8, 4) is 5.75 Å². The zero-order valence-electron chi connectivity index (χ0n) is 13.1. The molecule has 0 aliphatic rings. The third-order valence-corrected chi connectivity index (χ3v) is 3.86. The van der Waals surface area contributed by atoms with Gasteiger partial charge < -0.3 is 14.6 Å². The molecule has 0 atom stereocenters. The fraction of sp³-hybridized carbons (Fsp3) is 0.222. The second-order valence-electron chi connectivity index (χ2n) is 5.37. The van der Waals surface area contributed by atoms with Crippen molar-refractivity contribution in [1.29, 1.82) is 0 Å². The van der Waals surface area contributed by atoms with Gasteiger partial charge in [-0.25, -0.2) is 4.98 Å². The van der Waals surface area contributed by atoms with Gasteiger partial charge in [0.1, 0.15) is 5.75 Å². The van der Waals surface area contributed by atoms with Gasteiger partial charge >= 0.3 is 0 Å². The lowest BCUT2D eigenvalue weighted by Gasteiger charge is -2.08. The molecule has 2 aromatic carbocycles. The van der Waals surface area contributed by atoms with Crippen LogP contribution >= 0.6 is 11.6 Å². The van der Waals surface area contributed by atoms with Crippen LogP contribution in [0.2, 0.25) is 5.02 Å². The maximum absolute atomic E-state index is 11.8. The summed E-state index contributed by atoms with van der Waals surface area (Å²) in [4.78, 5) is 16.1. The molecule has 1 aromatic heterocycles. The summed E-state index contributed by atoms with van der Waals surface area (Å²) in [6.07, 6.45) is 2.66. The van der Waals surface area contributed by atoms with E-state index < -0.39 is 0 Å². The molecule has 24 heavy (non-hydrogen) atoms. The molecule has 0 fully saturated rings. The highest BCUT2D eigenvalue weighted by atomic mass is 35.5. The summed E-state index contributed by atoms with van der Waals surface area (Å²) in [6, 6.07) is 14.9. The van der Waals surface area contributed by atoms with E-state index >= 15 is 0 Å². The molecule has 124 valence electrons. The van der Waals surface area contributed by atoms with Crippen molar-refractivity contribution >= 4 is 28.5 Å². The topological polar surface area (TPSA) is 56.1 Å². The van der Waals surface area contributed by atoms with E-state index in [1.807, 2.05) is 30.6 Å². The SMILES string of the molecule is O=C(COc1ccc(Cl)cc1)NCCCn1cnc2ccccc21. The van der Waals surface area contributed by atoms with E-state index in [1.165, 1.54) is 0 Å².